The third-order valence-corrected chi connectivity index (χ3v) is 3.64. The standard InChI is InChI=1S/C11H19NO3S/c1-12(9-4-2-3-5-9)11(15)8-16-7-10(14)6-13/h4,10,13-14H,2-3,5-8H2,1H3. The lowest BCUT2D eigenvalue weighted by atomic mass is 10.3. The Hall–Kier alpha value is -0.520. The second kappa shape index (κ2) is 6.93. The van der Waals surface area contributed by atoms with Crippen LogP contribution in [0.1, 0.15) is 19.3 Å². The molecular weight excluding hydrogens is 226 g/mol. The summed E-state index contributed by atoms with van der Waals surface area (Å²) in [6.07, 6.45) is 4.54. The molecule has 0 aromatic carbocycles. The van der Waals surface area contributed by atoms with Crippen molar-refractivity contribution in [2.24, 2.45) is 0 Å². The number of amides is 1. The molecule has 0 spiro atoms. The maximum atomic E-state index is 11.7. The van der Waals surface area contributed by atoms with Gasteiger partial charge in [0.05, 0.1) is 18.5 Å². The molecule has 1 atom stereocenters. The molecule has 1 rings (SSSR count). The minimum atomic E-state index is -0.728. The summed E-state index contributed by atoms with van der Waals surface area (Å²) in [5.41, 5.74) is 1.10. The van der Waals surface area contributed by atoms with E-state index < -0.39 is 6.10 Å². The lowest BCUT2D eigenvalue weighted by molar-refractivity contribution is -0.125. The first kappa shape index (κ1) is 13.5. The minimum Gasteiger partial charge on any atom is -0.394 e. The smallest absolute Gasteiger partial charge is 0.236 e. The van der Waals surface area contributed by atoms with E-state index in [0.717, 1.165) is 25.0 Å². The fraction of sp³-hybridized carbons (Fsp3) is 0.727. The van der Waals surface area contributed by atoms with Crippen LogP contribution < -0.4 is 0 Å². The van der Waals surface area contributed by atoms with E-state index >= 15 is 0 Å². The van der Waals surface area contributed by atoms with Gasteiger partial charge in [-0.25, -0.2) is 0 Å². The zero-order valence-electron chi connectivity index (χ0n) is 9.56. The number of hydrogen-bond donors (Lipinski definition) is 2. The summed E-state index contributed by atoms with van der Waals surface area (Å²) in [7, 11) is 1.79. The van der Waals surface area contributed by atoms with Crippen molar-refractivity contribution in [1.82, 2.24) is 4.90 Å². The molecule has 1 aliphatic rings. The highest BCUT2D eigenvalue weighted by Gasteiger charge is 2.16. The van der Waals surface area contributed by atoms with Gasteiger partial charge in [0.15, 0.2) is 0 Å². The highest BCUT2D eigenvalue weighted by Crippen LogP contribution is 2.20. The van der Waals surface area contributed by atoms with Gasteiger partial charge in [-0.05, 0) is 19.3 Å². The van der Waals surface area contributed by atoms with Crippen molar-refractivity contribution >= 4 is 17.7 Å². The van der Waals surface area contributed by atoms with Crippen molar-refractivity contribution in [2.45, 2.75) is 25.4 Å². The molecule has 0 saturated heterocycles. The van der Waals surface area contributed by atoms with Crippen LogP contribution in [-0.2, 0) is 4.79 Å². The average Bonchev–Trinajstić information content (AvgIpc) is 2.81. The molecule has 5 heteroatoms. The average molecular weight is 245 g/mol. The van der Waals surface area contributed by atoms with Crippen LogP contribution in [0.2, 0.25) is 0 Å². The van der Waals surface area contributed by atoms with Gasteiger partial charge in [0, 0.05) is 18.5 Å². The Morgan fingerprint density at radius 1 is 1.69 bits per heavy atom. The summed E-state index contributed by atoms with van der Waals surface area (Å²) in [5, 5.41) is 17.7. The molecule has 16 heavy (non-hydrogen) atoms. The molecule has 0 aliphatic heterocycles. The Balaban J connectivity index is 2.24. The summed E-state index contributed by atoms with van der Waals surface area (Å²) in [6, 6.07) is 0. The topological polar surface area (TPSA) is 60.8 Å². The largest absolute Gasteiger partial charge is 0.394 e. The first-order valence-corrected chi connectivity index (χ1v) is 6.63. The minimum absolute atomic E-state index is 0.0586. The zero-order valence-corrected chi connectivity index (χ0v) is 10.4. The summed E-state index contributed by atoms with van der Waals surface area (Å²) in [5.74, 6) is 0.809. The normalized spacial score (nSPS) is 17.1. The SMILES string of the molecule is CN(C(=O)CSCC(O)CO)C1=CCCC1. The fourth-order valence-corrected chi connectivity index (χ4v) is 2.41. The Bertz CT molecular complexity index is 268. The Morgan fingerprint density at radius 2 is 2.44 bits per heavy atom. The molecule has 4 nitrogen and oxygen atoms in total. The van der Waals surface area contributed by atoms with Crippen molar-refractivity contribution in [1.29, 1.82) is 0 Å². The van der Waals surface area contributed by atoms with Gasteiger partial charge in [-0.1, -0.05) is 6.08 Å². The summed E-state index contributed by atoms with van der Waals surface area (Å²) >= 11 is 1.35. The number of allylic oxidation sites excluding steroid dienone is 2. The first-order valence-electron chi connectivity index (χ1n) is 5.47. The van der Waals surface area contributed by atoms with Crippen LogP contribution in [0.15, 0.2) is 11.8 Å². The lowest BCUT2D eigenvalue weighted by Crippen LogP contribution is -2.27. The third kappa shape index (κ3) is 4.15. The molecular formula is C11H19NO3S. The van der Waals surface area contributed by atoms with Crippen molar-refractivity contribution < 1.29 is 15.0 Å². The number of carbonyl (C=O) groups excluding carboxylic acids is 1. The number of nitrogens with zero attached hydrogens (tertiary/aromatic N) is 1. The van der Waals surface area contributed by atoms with Gasteiger partial charge in [0.2, 0.25) is 5.91 Å². The molecule has 92 valence electrons. The Morgan fingerprint density at radius 3 is 3.00 bits per heavy atom. The summed E-state index contributed by atoms with van der Waals surface area (Å²) < 4.78 is 0. The number of aliphatic hydroxyl groups is 2. The van der Waals surface area contributed by atoms with E-state index in [-0.39, 0.29) is 12.5 Å². The van der Waals surface area contributed by atoms with Crippen molar-refractivity contribution in [3.63, 3.8) is 0 Å². The second-order valence-electron chi connectivity index (χ2n) is 3.89. The number of rotatable bonds is 6. The molecule has 1 unspecified atom stereocenters. The predicted octanol–water partition coefficient (Wildman–Crippen LogP) is 0.599. The fourth-order valence-electron chi connectivity index (χ4n) is 1.55. The van der Waals surface area contributed by atoms with Gasteiger partial charge in [-0.15, -0.1) is 11.8 Å². The highest BCUT2D eigenvalue weighted by atomic mass is 32.2. The van der Waals surface area contributed by atoms with Crippen LogP contribution >= 0.6 is 11.8 Å². The van der Waals surface area contributed by atoms with Gasteiger partial charge in [0.25, 0.3) is 0 Å². The van der Waals surface area contributed by atoms with Crippen molar-refractivity contribution in [3.8, 4) is 0 Å². The molecule has 0 saturated carbocycles. The van der Waals surface area contributed by atoms with E-state index in [1.807, 2.05) is 0 Å². The van der Waals surface area contributed by atoms with Gasteiger partial charge in [-0.3, -0.25) is 4.79 Å². The molecule has 0 heterocycles. The van der Waals surface area contributed by atoms with Gasteiger partial charge < -0.3 is 15.1 Å². The van der Waals surface area contributed by atoms with Crippen LogP contribution in [-0.4, -0.2) is 52.3 Å². The van der Waals surface area contributed by atoms with Crippen molar-refractivity contribution in [2.75, 3.05) is 25.2 Å². The Labute approximate surface area is 100 Å². The van der Waals surface area contributed by atoms with Crippen LogP contribution in [0.25, 0.3) is 0 Å². The first-order chi connectivity index (χ1) is 7.65. The number of thioether (sulfide) groups is 1. The molecule has 1 amide bonds. The summed E-state index contributed by atoms with van der Waals surface area (Å²) in [6.45, 7) is -0.248. The molecule has 0 aromatic heterocycles. The number of hydrogen-bond acceptors (Lipinski definition) is 4. The molecule has 0 radical (unpaired) electrons. The van der Waals surface area contributed by atoms with Crippen LogP contribution in [0.5, 0.6) is 0 Å². The van der Waals surface area contributed by atoms with E-state index in [9.17, 15) is 4.79 Å². The van der Waals surface area contributed by atoms with E-state index in [4.69, 9.17) is 10.2 Å². The second-order valence-corrected chi connectivity index (χ2v) is 4.92. The Kier molecular flexibility index (Phi) is 5.87. The van der Waals surface area contributed by atoms with Gasteiger partial charge in [-0.2, -0.15) is 0 Å². The number of carbonyl (C=O) groups is 1. The van der Waals surface area contributed by atoms with Crippen molar-refractivity contribution in [3.05, 3.63) is 11.8 Å². The molecule has 2 N–H and O–H groups in total. The van der Waals surface area contributed by atoms with Gasteiger partial charge in [0.1, 0.15) is 0 Å². The molecule has 0 bridgehead atoms. The van der Waals surface area contributed by atoms with Crippen LogP contribution in [0, 0.1) is 0 Å². The van der Waals surface area contributed by atoms with E-state index in [0.29, 0.717) is 11.5 Å². The monoisotopic (exact) mass is 245 g/mol. The maximum absolute atomic E-state index is 11.7. The molecule has 0 aromatic rings. The quantitative estimate of drug-likeness (QED) is 0.719. The highest BCUT2D eigenvalue weighted by molar-refractivity contribution is 7.99. The van der Waals surface area contributed by atoms with Gasteiger partial charge >= 0.3 is 0 Å². The molecule has 0 fully saturated rings. The maximum Gasteiger partial charge on any atom is 0.236 e. The molecule has 1 aliphatic carbocycles. The summed E-state index contributed by atoms with van der Waals surface area (Å²) in [4.78, 5) is 13.4. The van der Waals surface area contributed by atoms with Crippen LogP contribution in [0.3, 0.4) is 0 Å². The number of aliphatic hydroxyl groups excluding tert-OH is 2. The predicted molar refractivity (Wildman–Crippen MR) is 65.1 cm³/mol. The van der Waals surface area contributed by atoms with E-state index in [1.54, 1.807) is 11.9 Å². The van der Waals surface area contributed by atoms with Crippen LogP contribution in [0.4, 0.5) is 0 Å². The van der Waals surface area contributed by atoms with E-state index in [2.05, 4.69) is 6.08 Å². The van der Waals surface area contributed by atoms with E-state index in [1.165, 1.54) is 11.8 Å². The zero-order chi connectivity index (χ0) is 12.0. The lowest BCUT2D eigenvalue weighted by Gasteiger charge is -2.18. The third-order valence-electron chi connectivity index (χ3n) is 2.57.